The molecule has 25 heavy (non-hydrogen) atoms. The van der Waals surface area contributed by atoms with Crippen molar-refractivity contribution in [1.82, 2.24) is 14.9 Å². The molecule has 3 heterocycles. The Bertz CT molecular complexity index is 888. The van der Waals surface area contributed by atoms with Crippen LogP contribution in [0.4, 0.5) is 5.82 Å². The van der Waals surface area contributed by atoms with Gasteiger partial charge in [0.15, 0.2) is 0 Å². The second-order valence-corrected chi connectivity index (χ2v) is 7.57. The second-order valence-electron chi connectivity index (χ2n) is 6.69. The fourth-order valence-corrected chi connectivity index (χ4v) is 4.03. The van der Waals surface area contributed by atoms with Gasteiger partial charge in [0.1, 0.15) is 5.82 Å². The topological polar surface area (TPSA) is 41.0 Å². The molecule has 0 saturated carbocycles. The van der Waals surface area contributed by atoms with Gasteiger partial charge in [-0.25, -0.2) is 4.98 Å². The van der Waals surface area contributed by atoms with Crippen molar-refractivity contribution in [3.8, 4) is 10.4 Å². The highest BCUT2D eigenvalue weighted by molar-refractivity contribution is 7.13. The molecule has 1 aliphatic rings. The number of fused-ring (bicyclic) bond motifs is 1. The lowest BCUT2D eigenvalue weighted by atomic mass is 10.1. The molecule has 1 atom stereocenters. The summed E-state index contributed by atoms with van der Waals surface area (Å²) in [5.74, 6) is 0.853. The van der Waals surface area contributed by atoms with Gasteiger partial charge >= 0.3 is 0 Å². The van der Waals surface area contributed by atoms with E-state index in [-0.39, 0.29) is 0 Å². The zero-order valence-corrected chi connectivity index (χ0v) is 15.2. The van der Waals surface area contributed by atoms with Crippen molar-refractivity contribution >= 4 is 27.9 Å². The van der Waals surface area contributed by atoms with Gasteiger partial charge in [0.25, 0.3) is 0 Å². The molecule has 3 aromatic rings. The minimum absolute atomic E-state index is 0.644. The Morgan fingerprint density at radius 1 is 1.32 bits per heavy atom. The Balaban J connectivity index is 1.52. The van der Waals surface area contributed by atoms with Crippen molar-refractivity contribution < 1.29 is 0 Å². The van der Waals surface area contributed by atoms with Crippen LogP contribution in [-0.2, 0) is 0 Å². The van der Waals surface area contributed by atoms with Gasteiger partial charge in [-0.1, -0.05) is 18.7 Å². The third-order valence-electron chi connectivity index (χ3n) is 4.83. The predicted molar refractivity (Wildman–Crippen MR) is 106 cm³/mol. The van der Waals surface area contributed by atoms with Crippen LogP contribution in [0.2, 0.25) is 0 Å². The van der Waals surface area contributed by atoms with E-state index >= 15 is 0 Å². The van der Waals surface area contributed by atoms with Gasteiger partial charge in [-0.15, -0.1) is 11.3 Å². The number of pyridine rings is 1. The van der Waals surface area contributed by atoms with E-state index in [0.29, 0.717) is 6.04 Å². The lowest BCUT2D eigenvalue weighted by molar-refractivity contribution is 0.292. The molecule has 1 aliphatic heterocycles. The summed E-state index contributed by atoms with van der Waals surface area (Å²) in [6.07, 6.45) is 6.38. The van der Waals surface area contributed by atoms with Crippen molar-refractivity contribution in [2.45, 2.75) is 25.8 Å². The van der Waals surface area contributed by atoms with Gasteiger partial charge in [-0.3, -0.25) is 9.88 Å². The van der Waals surface area contributed by atoms with Crippen LogP contribution in [-0.4, -0.2) is 34.0 Å². The largest absolute Gasteiger partial charge is 0.343 e. The molecule has 0 bridgehead atoms. The smallest absolute Gasteiger partial charge is 0.130 e. The number of benzene rings is 1. The van der Waals surface area contributed by atoms with E-state index in [9.17, 15) is 0 Å². The molecule has 1 saturated heterocycles. The molecule has 5 heteroatoms. The third kappa shape index (κ3) is 3.57. The number of likely N-dealkylation sites (tertiary alicyclic amines) is 1. The van der Waals surface area contributed by atoms with E-state index in [1.54, 1.807) is 11.3 Å². The molecule has 1 N–H and O–H groups in total. The number of nitrogens with zero attached hydrogens (tertiary/aromatic N) is 3. The molecular formula is C20H22N4S. The minimum Gasteiger partial charge on any atom is -0.343 e. The van der Waals surface area contributed by atoms with Gasteiger partial charge in [-0.2, -0.15) is 0 Å². The van der Waals surface area contributed by atoms with Crippen LogP contribution in [0.3, 0.4) is 0 Å². The van der Waals surface area contributed by atoms with Gasteiger partial charge < -0.3 is 5.32 Å². The molecule has 1 aromatic carbocycles. The highest BCUT2D eigenvalue weighted by Crippen LogP contribution is 2.28. The second kappa shape index (κ2) is 6.94. The Hall–Kier alpha value is -2.24. The Morgan fingerprint density at radius 2 is 2.24 bits per heavy atom. The maximum absolute atomic E-state index is 4.53. The zero-order chi connectivity index (χ0) is 17.2. The number of nitrogens with one attached hydrogen (secondary N) is 1. The van der Waals surface area contributed by atoms with Gasteiger partial charge in [0, 0.05) is 36.1 Å². The maximum Gasteiger partial charge on any atom is 0.130 e. The monoisotopic (exact) mass is 350 g/mol. The van der Waals surface area contributed by atoms with Crippen LogP contribution in [0.15, 0.2) is 54.4 Å². The molecule has 0 radical (unpaired) electrons. The maximum atomic E-state index is 4.53. The van der Waals surface area contributed by atoms with Crippen LogP contribution >= 0.6 is 11.3 Å². The van der Waals surface area contributed by atoms with Gasteiger partial charge in [-0.05, 0) is 49.4 Å². The van der Waals surface area contributed by atoms with E-state index in [1.807, 2.05) is 17.9 Å². The summed E-state index contributed by atoms with van der Waals surface area (Å²) in [4.78, 5) is 12.4. The first-order valence-electron chi connectivity index (χ1n) is 8.66. The summed E-state index contributed by atoms with van der Waals surface area (Å²) >= 11 is 1.66. The number of hydrogen-bond donors (Lipinski definition) is 1. The number of anilines is 1. The van der Waals surface area contributed by atoms with Crippen LogP contribution in [0.25, 0.3) is 21.2 Å². The SMILES string of the molecule is C=C(CN1CCCC1C)Nc1cc2cc(-c3cncs3)ccc2cn1. The van der Waals surface area contributed by atoms with Crippen molar-refractivity contribution in [2.24, 2.45) is 0 Å². The summed E-state index contributed by atoms with van der Waals surface area (Å²) in [5.41, 5.74) is 4.05. The Labute approximate surface area is 152 Å². The lowest BCUT2D eigenvalue weighted by Crippen LogP contribution is -2.30. The van der Waals surface area contributed by atoms with Gasteiger partial charge in [0.05, 0.1) is 10.4 Å². The Kier molecular flexibility index (Phi) is 4.51. The first-order valence-corrected chi connectivity index (χ1v) is 9.54. The molecule has 128 valence electrons. The normalized spacial score (nSPS) is 17.9. The summed E-state index contributed by atoms with van der Waals surface area (Å²) < 4.78 is 0. The molecule has 1 unspecified atom stereocenters. The molecule has 0 amide bonds. The first-order chi connectivity index (χ1) is 12.2. The number of rotatable bonds is 5. The van der Waals surface area contributed by atoms with E-state index in [0.717, 1.165) is 30.0 Å². The van der Waals surface area contributed by atoms with Crippen LogP contribution < -0.4 is 5.32 Å². The molecule has 1 fully saturated rings. The minimum atomic E-state index is 0.644. The lowest BCUT2D eigenvalue weighted by Gasteiger charge is -2.22. The highest BCUT2D eigenvalue weighted by Gasteiger charge is 2.20. The van der Waals surface area contributed by atoms with Crippen LogP contribution in [0.5, 0.6) is 0 Å². The van der Waals surface area contributed by atoms with Crippen molar-refractivity contribution in [2.75, 3.05) is 18.4 Å². The fraction of sp³-hybridized carbons (Fsp3) is 0.300. The average molecular weight is 350 g/mol. The highest BCUT2D eigenvalue weighted by atomic mass is 32.1. The first kappa shape index (κ1) is 16.2. The molecule has 2 aromatic heterocycles. The van der Waals surface area contributed by atoms with E-state index in [1.165, 1.54) is 28.7 Å². The van der Waals surface area contributed by atoms with Crippen molar-refractivity contribution in [3.63, 3.8) is 0 Å². The van der Waals surface area contributed by atoms with E-state index in [2.05, 4.69) is 58.0 Å². The quantitative estimate of drug-likeness (QED) is 0.720. The number of hydrogen-bond acceptors (Lipinski definition) is 5. The van der Waals surface area contributed by atoms with Crippen LogP contribution in [0.1, 0.15) is 19.8 Å². The standard InChI is InChI=1S/C20H22N4S/c1-14(12-24-7-3-4-15(24)2)23-20-9-18-8-16(19-11-21-13-25-19)5-6-17(18)10-22-20/h5-6,8-11,13,15H,1,3-4,7,12H2,2H3,(H,22,23). The number of thiazole rings is 1. The molecular weight excluding hydrogens is 328 g/mol. The van der Waals surface area contributed by atoms with Crippen LogP contribution in [0, 0.1) is 0 Å². The summed E-state index contributed by atoms with van der Waals surface area (Å²) in [7, 11) is 0. The number of aromatic nitrogens is 2. The van der Waals surface area contributed by atoms with Crippen molar-refractivity contribution in [3.05, 3.63) is 54.4 Å². The van der Waals surface area contributed by atoms with E-state index < -0.39 is 0 Å². The molecule has 4 rings (SSSR count). The summed E-state index contributed by atoms with van der Waals surface area (Å²) in [6, 6.07) is 9.17. The van der Waals surface area contributed by atoms with E-state index in [4.69, 9.17) is 0 Å². The summed E-state index contributed by atoms with van der Waals surface area (Å²) in [5, 5.41) is 5.69. The average Bonchev–Trinajstić information content (AvgIpc) is 3.27. The molecule has 4 nitrogen and oxygen atoms in total. The zero-order valence-electron chi connectivity index (χ0n) is 14.4. The molecule has 0 aliphatic carbocycles. The van der Waals surface area contributed by atoms with Gasteiger partial charge in [0.2, 0.25) is 0 Å². The fourth-order valence-electron chi connectivity index (χ4n) is 3.41. The predicted octanol–water partition coefficient (Wildman–Crippen LogP) is 4.77. The third-order valence-corrected chi connectivity index (χ3v) is 5.65. The van der Waals surface area contributed by atoms with Crippen molar-refractivity contribution in [1.29, 1.82) is 0 Å². The summed E-state index contributed by atoms with van der Waals surface area (Å²) in [6.45, 7) is 8.51. The Morgan fingerprint density at radius 3 is 3.00 bits per heavy atom. The molecule has 0 spiro atoms.